The third-order valence-electron chi connectivity index (χ3n) is 3.85. The maximum absolute atomic E-state index is 6.21. The Morgan fingerprint density at radius 3 is 2.87 bits per heavy atom. The van der Waals surface area contributed by atoms with E-state index in [1.807, 2.05) is 48.1 Å². The molecule has 1 fully saturated rings. The molecule has 0 radical (unpaired) electrons. The van der Waals surface area contributed by atoms with Crippen molar-refractivity contribution in [2.45, 2.75) is 31.8 Å². The highest BCUT2D eigenvalue weighted by Crippen LogP contribution is 2.35. The third-order valence-corrected chi connectivity index (χ3v) is 4.17. The van der Waals surface area contributed by atoms with Gasteiger partial charge in [0.15, 0.2) is 5.82 Å². The molecule has 3 aromatic rings. The van der Waals surface area contributed by atoms with Crippen molar-refractivity contribution in [1.82, 2.24) is 30.0 Å². The van der Waals surface area contributed by atoms with Gasteiger partial charge in [-0.15, -0.1) is 5.10 Å². The number of hydrogen-bond acceptors (Lipinski definition) is 5. The maximum atomic E-state index is 6.21. The topological polar surface area (TPSA) is 73.5 Å². The second kappa shape index (κ2) is 5.66. The molecule has 0 unspecified atom stereocenters. The Labute approximate surface area is 138 Å². The van der Waals surface area contributed by atoms with Crippen molar-refractivity contribution in [1.29, 1.82) is 0 Å². The first-order valence-electron chi connectivity index (χ1n) is 7.57. The lowest BCUT2D eigenvalue weighted by molar-refractivity contribution is 0.566. The van der Waals surface area contributed by atoms with E-state index in [0.717, 1.165) is 30.2 Å². The Kier molecular flexibility index (Phi) is 3.49. The van der Waals surface area contributed by atoms with Crippen molar-refractivity contribution in [3.8, 4) is 5.69 Å². The molecule has 1 aliphatic carbocycles. The van der Waals surface area contributed by atoms with Crippen LogP contribution in [0.5, 0.6) is 0 Å². The quantitative estimate of drug-likeness (QED) is 0.779. The summed E-state index contributed by atoms with van der Waals surface area (Å²) in [5.41, 5.74) is 0.845. The number of tetrazole rings is 1. The average Bonchev–Trinajstić information content (AvgIpc) is 3.09. The van der Waals surface area contributed by atoms with Crippen LogP contribution in [0.3, 0.4) is 0 Å². The maximum Gasteiger partial charge on any atom is 0.173 e. The lowest BCUT2D eigenvalue weighted by atomic mass is 10.3. The van der Waals surface area contributed by atoms with E-state index in [9.17, 15) is 0 Å². The number of anilines is 1. The molecule has 2 aromatic heterocycles. The van der Waals surface area contributed by atoms with Crippen LogP contribution in [0.15, 0.2) is 36.5 Å². The van der Waals surface area contributed by atoms with Crippen molar-refractivity contribution in [2.24, 2.45) is 0 Å². The minimum absolute atomic E-state index is 0.0276. The normalized spacial score (nSPS) is 15.6. The van der Waals surface area contributed by atoms with E-state index in [1.54, 1.807) is 4.68 Å². The molecule has 7 nitrogen and oxygen atoms in total. The van der Waals surface area contributed by atoms with E-state index in [4.69, 9.17) is 11.6 Å². The Balaban J connectivity index is 1.53. The number of nitrogens with one attached hydrogen (secondary N) is 1. The summed E-state index contributed by atoms with van der Waals surface area (Å²) in [5.74, 6) is 1.59. The second-order valence-corrected chi connectivity index (χ2v) is 6.08. The van der Waals surface area contributed by atoms with Gasteiger partial charge in [0, 0.05) is 12.3 Å². The highest BCUT2D eigenvalue weighted by Gasteiger charge is 2.29. The van der Waals surface area contributed by atoms with E-state index in [2.05, 4.69) is 25.9 Å². The summed E-state index contributed by atoms with van der Waals surface area (Å²) >= 11 is 6.21. The summed E-state index contributed by atoms with van der Waals surface area (Å²) < 4.78 is 3.66. The Morgan fingerprint density at radius 1 is 1.26 bits per heavy atom. The largest absolute Gasteiger partial charge is 0.359 e. The van der Waals surface area contributed by atoms with Crippen LogP contribution in [0, 0.1) is 0 Å². The fourth-order valence-corrected chi connectivity index (χ4v) is 2.75. The van der Waals surface area contributed by atoms with Gasteiger partial charge in [0.25, 0.3) is 0 Å². The lowest BCUT2D eigenvalue weighted by Crippen LogP contribution is -2.14. The first-order chi connectivity index (χ1) is 11.2. The standard InChI is InChI=1S/C15H16ClN7/c1-10(15-18-20-21-23(15)11-6-7-11)17-14-8-9-22(19-14)13-5-3-2-4-12(13)16/h2-5,8-11H,6-7H2,1H3,(H,17,19)/t10-/m0/s1. The van der Waals surface area contributed by atoms with Gasteiger partial charge in [0.2, 0.25) is 0 Å². The molecule has 118 valence electrons. The molecule has 1 atom stereocenters. The zero-order chi connectivity index (χ0) is 15.8. The van der Waals surface area contributed by atoms with Crippen LogP contribution >= 0.6 is 11.6 Å². The van der Waals surface area contributed by atoms with Gasteiger partial charge in [-0.2, -0.15) is 5.10 Å². The van der Waals surface area contributed by atoms with Crippen molar-refractivity contribution in [3.63, 3.8) is 0 Å². The van der Waals surface area contributed by atoms with Crippen LogP contribution < -0.4 is 5.32 Å². The van der Waals surface area contributed by atoms with E-state index in [1.165, 1.54) is 0 Å². The summed E-state index contributed by atoms with van der Waals surface area (Å²) in [6.45, 7) is 2.03. The monoisotopic (exact) mass is 329 g/mol. The van der Waals surface area contributed by atoms with Crippen molar-refractivity contribution >= 4 is 17.4 Å². The van der Waals surface area contributed by atoms with Gasteiger partial charge in [0.05, 0.1) is 22.8 Å². The number of nitrogens with zero attached hydrogens (tertiary/aromatic N) is 6. The summed E-state index contributed by atoms with van der Waals surface area (Å²) in [7, 11) is 0. The third kappa shape index (κ3) is 2.79. The fourth-order valence-electron chi connectivity index (χ4n) is 2.52. The first kappa shape index (κ1) is 14.2. The van der Waals surface area contributed by atoms with E-state index in [-0.39, 0.29) is 6.04 Å². The van der Waals surface area contributed by atoms with Crippen molar-refractivity contribution in [2.75, 3.05) is 5.32 Å². The number of aromatic nitrogens is 6. The van der Waals surface area contributed by atoms with E-state index in [0.29, 0.717) is 11.1 Å². The summed E-state index contributed by atoms with van der Waals surface area (Å²) in [6, 6.07) is 9.93. The summed E-state index contributed by atoms with van der Waals surface area (Å²) in [4.78, 5) is 0. The highest BCUT2D eigenvalue weighted by molar-refractivity contribution is 6.32. The number of para-hydroxylation sites is 1. The van der Waals surface area contributed by atoms with E-state index < -0.39 is 0 Å². The number of halogens is 1. The number of benzene rings is 1. The second-order valence-electron chi connectivity index (χ2n) is 5.68. The zero-order valence-electron chi connectivity index (χ0n) is 12.6. The van der Waals surface area contributed by atoms with Crippen molar-refractivity contribution < 1.29 is 0 Å². The average molecular weight is 330 g/mol. The molecule has 1 aromatic carbocycles. The minimum atomic E-state index is -0.0276. The van der Waals surface area contributed by atoms with Gasteiger partial charge < -0.3 is 5.32 Å². The molecule has 8 heteroatoms. The Bertz CT molecular complexity index is 821. The molecular formula is C15H16ClN7. The molecule has 1 aliphatic rings. The molecule has 1 N–H and O–H groups in total. The molecule has 0 amide bonds. The molecule has 4 rings (SSSR count). The van der Waals surface area contributed by atoms with Crippen LogP contribution in [0.4, 0.5) is 5.82 Å². The predicted octanol–water partition coefficient (Wildman–Crippen LogP) is 3.02. The molecule has 1 saturated carbocycles. The van der Waals surface area contributed by atoms with Gasteiger partial charge in [-0.05, 0) is 42.3 Å². The first-order valence-corrected chi connectivity index (χ1v) is 7.95. The van der Waals surface area contributed by atoms with Crippen LogP contribution in [-0.4, -0.2) is 30.0 Å². The molecule has 23 heavy (non-hydrogen) atoms. The Morgan fingerprint density at radius 2 is 2.09 bits per heavy atom. The molecule has 0 bridgehead atoms. The summed E-state index contributed by atoms with van der Waals surface area (Å²) in [6.07, 6.45) is 4.16. The zero-order valence-corrected chi connectivity index (χ0v) is 13.4. The van der Waals surface area contributed by atoms with Crippen molar-refractivity contribution in [3.05, 3.63) is 47.4 Å². The van der Waals surface area contributed by atoms with Gasteiger partial charge in [0.1, 0.15) is 5.82 Å². The van der Waals surface area contributed by atoms with Crippen LogP contribution in [0.25, 0.3) is 5.69 Å². The van der Waals surface area contributed by atoms with Crippen LogP contribution in [0.2, 0.25) is 5.02 Å². The molecular weight excluding hydrogens is 314 g/mol. The number of hydrogen-bond donors (Lipinski definition) is 1. The highest BCUT2D eigenvalue weighted by atomic mass is 35.5. The van der Waals surface area contributed by atoms with Gasteiger partial charge in [-0.3, -0.25) is 0 Å². The molecule has 0 spiro atoms. The molecule has 0 aliphatic heterocycles. The predicted molar refractivity (Wildman–Crippen MR) is 86.7 cm³/mol. The molecule has 2 heterocycles. The minimum Gasteiger partial charge on any atom is -0.359 e. The van der Waals surface area contributed by atoms with E-state index >= 15 is 0 Å². The van der Waals surface area contributed by atoms with Crippen LogP contribution in [-0.2, 0) is 0 Å². The SMILES string of the molecule is C[C@H](Nc1ccn(-c2ccccc2Cl)n1)c1nnnn1C1CC1. The molecule has 0 saturated heterocycles. The number of rotatable bonds is 5. The lowest BCUT2D eigenvalue weighted by Gasteiger charge is -2.12. The van der Waals surface area contributed by atoms with Crippen LogP contribution in [0.1, 0.15) is 37.7 Å². The summed E-state index contributed by atoms with van der Waals surface area (Å²) in [5, 5.41) is 20.5. The Hall–Kier alpha value is -2.41. The smallest absolute Gasteiger partial charge is 0.173 e. The van der Waals surface area contributed by atoms with Gasteiger partial charge in [-0.1, -0.05) is 23.7 Å². The fraction of sp³-hybridized carbons (Fsp3) is 0.333. The van der Waals surface area contributed by atoms with Gasteiger partial charge in [-0.25, -0.2) is 9.36 Å². The van der Waals surface area contributed by atoms with Gasteiger partial charge >= 0.3 is 0 Å².